The van der Waals surface area contributed by atoms with Gasteiger partial charge in [0.15, 0.2) is 0 Å². The van der Waals surface area contributed by atoms with Crippen molar-refractivity contribution in [2.24, 2.45) is 0 Å². The number of hydrogen-bond donors (Lipinski definition) is 1. The average molecular weight is 253 g/mol. The highest BCUT2D eigenvalue weighted by molar-refractivity contribution is 7.85. The Morgan fingerprint density at radius 2 is 2.20 bits per heavy atom. The normalized spacial score (nSPS) is 10.7. The number of halogens is 1. The van der Waals surface area contributed by atoms with Crippen LogP contribution in [0.25, 0.3) is 6.20 Å². The highest BCUT2D eigenvalue weighted by atomic mass is 35.5. The summed E-state index contributed by atoms with van der Waals surface area (Å²) in [5.74, 6) is -0.209. The minimum absolute atomic E-state index is 0. The lowest BCUT2D eigenvalue weighted by atomic mass is 10.5. The fourth-order valence-electron chi connectivity index (χ4n) is 1.08. The van der Waals surface area contributed by atoms with E-state index in [2.05, 4.69) is 6.58 Å². The van der Waals surface area contributed by atoms with E-state index in [0.29, 0.717) is 13.0 Å². The van der Waals surface area contributed by atoms with Gasteiger partial charge in [0.25, 0.3) is 10.1 Å². The summed E-state index contributed by atoms with van der Waals surface area (Å²) >= 11 is 0. The van der Waals surface area contributed by atoms with Crippen molar-refractivity contribution in [2.75, 3.05) is 5.75 Å². The summed E-state index contributed by atoms with van der Waals surface area (Å²) in [5.41, 5.74) is 0. The van der Waals surface area contributed by atoms with Crippen LogP contribution in [0, 0.1) is 0 Å². The molecule has 1 aromatic heterocycles. The zero-order chi connectivity index (χ0) is 10.6. The molecule has 0 aliphatic heterocycles. The van der Waals surface area contributed by atoms with Crippen LogP contribution in [0.3, 0.4) is 0 Å². The van der Waals surface area contributed by atoms with Gasteiger partial charge in [-0.1, -0.05) is 6.58 Å². The minimum Gasteiger partial charge on any atom is -1.00 e. The van der Waals surface area contributed by atoms with Crippen molar-refractivity contribution in [3.05, 3.63) is 25.3 Å². The molecule has 0 amide bonds. The Morgan fingerprint density at radius 1 is 1.53 bits per heavy atom. The number of nitrogens with zero attached hydrogens (tertiary/aromatic N) is 2. The van der Waals surface area contributed by atoms with Crippen LogP contribution < -0.4 is 17.0 Å². The van der Waals surface area contributed by atoms with Crippen LogP contribution in [-0.2, 0) is 16.7 Å². The second kappa shape index (κ2) is 5.89. The molecular formula is C8H13ClN2O3S. The number of hydrogen-bond acceptors (Lipinski definition) is 2. The van der Waals surface area contributed by atoms with Crippen molar-refractivity contribution in [2.45, 2.75) is 13.0 Å². The largest absolute Gasteiger partial charge is 1.00 e. The standard InChI is InChI=1S/C8H12N2O3S.ClH/c1-2-9-5-6-10(8-9)4-3-7-14(11,12)13;/h2,5-6,8H,1,3-4,7H2;1H. The number of imidazole rings is 1. The third-order valence-electron chi connectivity index (χ3n) is 1.74. The van der Waals surface area contributed by atoms with E-state index in [1.54, 1.807) is 23.3 Å². The van der Waals surface area contributed by atoms with E-state index in [1.807, 2.05) is 10.8 Å². The lowest BCUT2D eigenvalue weighted by Crippen LogP contribution is -3.00. The van der Waals surface area contributed by atoms with Gasteiger partial charge in [0.05, 0.1) is 18.5 Å². The SMILES string of the molecule is C=Cn1cc[n+](CCCS(=O)(=O)O)c1.[Cl-]. The number of aromatic nitrogens is 2. The van der Waals surface area contributed by atoms with Gasteiger partial charge < -0.3 is 12.4 Å². The quantitative estimate of drug-likeness (QED) is 0.454. The fraction of sp³-hybridized carbons (Fsp3) is 0.375. The number of rotatable bonds is 5. The van der Waals surface area contributed by atoms with Gasteiger partial charge in [0.2, 0.25) is 6.33 Å². The summed E-state index contributed by atoms with van der Waals surface area (Å²) in [6.07, 6.45) is 7.44. The van der Waals surface area contributed by atoms with E-state index in [1.165, 1.54) is 0 Å². The summed E-state index contributed by atoms with van der Waals surface area (Å²) in [6.45, 7) is 4.13. The Balaban J connectivity index is 0.00000196. The van der Waals surface area contributed by atoms with Crippen LogP contribution in [0.2, 0.25) is 0 Å². The van der Waals surface area contributed by atoms with Gasteiger partial charge in [-0.15, -0.1) is 0 Å². The van der Waals surface area contributed by atoms with Gasteiger partial charge in [0, 0.05) is 6.42 Å². The monoisotopic (exact) mass is 252 g/mol. The van der Waals surface area contributed by atoms with Crippen LogP contribution in [-0.4, -0.2) is 23.3 Å². The lowest BCUT2D eigenvalue weighted by Gasteiger charge is -1.94. The molecule has 0 radical (unpaired) electrons. The van der Waals surface area contributed by atoms with Crippen LogP contribution >= 0.6 is 0 Å². The van der Waals surface area contributed by atoms with Gasteiger partial charge in [-0.2, -0.15) is 8.42 Å². The zero-order valence-corrected chi connectivity index (χ0v) is 9.65. The maximum atomic E-state index is 10.4. The van der Waals surface area contributed by atoms with Crippen molar-refractivity contribution in [3.63, 3.8) is 0 Å². The van der Waals surface area contributed by atoms with E-state index in [4.69, 9.17) is 4.55 Å². The van der Waals surface area contributed by atoms with E-state index in [0.717, 1.165) is 0 Å². The highest BCUT2D eigenvalue weighted by Crippen LogP contribution is 1.89. The van der Waals surface area contributed by atoms with Gasteiger partial charge >= 0.3 is 0 Å². The Morgan fingerprint density at radius 3 is 2.67 bits per heavy atom. The van der Waals surface area contributed by atoms with E-state index >= 15 is 0 Å². The highest BCUT2D eigenvalue weighted by Gasteiger charge is 2.06. The molecule has 1 N–H and O–H groups in total. The molecule has 0 aliphatic carbocycles. The van der Waals surface area contributed by atoms with Crippen molar-refractivity contribution in [1.82, 2.24) is 4.57 Å². The summed E-state index contributed by atoms with van der Waals surface area (Å²) in [7, 11) is -3.83. The second-order valence-electron chi connectivity index (χ2n) is 2.92. The van der Waals surface area contributed by atoms with Crippen molar-refractivity contribution >= 4 is 16.3 Å². The smallest absolute Gasteiger partial charge is 0.265 e. The molecule has 7 heteroatoms. The first-order valence-corrected chi connectivity index (χ1v) is 5.76. The van der Waals surface area contributed by atoms with Gasteiger partial charge in [-0.3, -0.25) is 4.55 Å². The lowest BCUT2D eigenvalue weighted by molar-refractivity contribution is -0.696. The Hall–Kier alpha value is -0.850. The third-order valence-corrected chi connectivity index (χ3v) is 2.55. The summed E-state index contributed by atoms with van der Waals surface area (Å²) in [5, 5.41) is 0. The molecule has 1 heterocycles. The molecule has 1 aromatic rings. The summed E-state index contributed by atoms with van der Waals surface area (Å²) in [6, 6.07) is 0. The van der Waals surface area contributed by atoms with E-state index in [-0.39, 0.29) is 18.2 Å². The molecule has 0 fully saturated rings. The molecule has 1 rings (SSSR count). The molecule has 0 aliphatic rings. The average Bonchev–Trinajstić information content (AvgIpc) is 2.50. The third kappa shape index (κ3) is 5.56. The summed E-state index contributed by atoms with van der Waals surface area (Å²) in [4.78, 5) is 0. The Bertz CT molecular complexity index is 413. The van der Waals surface area contributed by atoms with Crippen LogP contribution in [0.5, 0.6) is 0 Å². The van der Waals surface area contributed by atoms with Gasteiger partial charge in [0.1, 0.15) is 12.4 Å². The first-order chi connectivity index (χ1) is 6.51. The molecule has 86 valence electrons. The number of aryl methyl sites for hydroxylation is 1. The zero-order valence-electron chi connectivity index (χ0n) is 8.08. The van der Waals surface area contributed by atoms with Crippen LogP contribution in [0.1, 0.15) is 6.42 Å². The molecule has 0 bridgehead atoms. The molecule has 0 atom stereocenters. The van der Waals surface area contributed by atoms with Crippen molar-refractivity contribution < 1.29 is 29.9 Å². The first kappa shape index (κ1) is 14.2. The summed E-state index contributed by atoms with van der Waals surface area (Å²) < 4.78 is 32.9. The molecule has 0 saturated heterocycles. The van der Waals surface area contributed by atoms with Crippen LogP contribution in [0.15, 0.2) is 25.3 Å². The molecule has 0 saturated carbocycles. The Labute approximate surface area is 95.2 Å². The van der Waals surface area contributed by atoms with Crippen molar-refractivity contribution in [1.29, 1.82) is 0 Å². The maximum Gasteiger partial charge on any atom is 0.265 e. The van der Waals surface area contributed by atoms with E-state index < -0.39 is 10.1 Å². The molecule has 0 spiro atoms. The molecule has 15 heavy (non-hydrogen) atoms. The van der Waals surface area contributed by atoms with Crippen molar-refractivity contribution in [3.8, 4) is 0 Å². The molecule has 5 nitrogen and oxygen atoms in total. The van der Waals surface area contributed by atoms with Crippen LogP contribution in [0.4, 0.5) is 0 Å². The molecular weight excluding hydrogens is 240 g/mol. The van der Waals surface area contributed by atoms with Gasteiger partial charge in [-0.25, -0.2) is 9.13 Å². The fourth-order valence-corrected chi connectivity index (χ4v) is 1.57. The van der Waals surface area contributed by atoms with E-state index in [9.17, 15) is 8.42 Å². The second-order valence-corrected chi connectivity index (χ2v) is 4.49. The minimum atomic E-state index is -3.83. The topological polar surface area (TPSA) is 63.2 Å². The molecule has 0 aromatic carbocycles. The maximum absolute atomic E-state index is 10.4. The van der Waals surface area contributed by atoms with Gasteiger partial charge in [-0.05, 0) is 0 Å². The predicted octanol–water partition coefficient (Wildman–Crippen LogP) is -2.84. The molecule has 0 unspecified atom stereocenters. The first-order valence-electron chi connectivity index (χ1n) is 4.15. The predicted molar refractivity (Wildman–Crippen MR) is 52.0 cm³/mol. The Kier molecular flexibility index (Phi) is 5.56.